The molecule has 0 amide bonds. The topological polar surface area (TPSA) is 57.5 Å². The Balaban J connectivity index is 3.25. The van der Waals surface area contributed by atoms with Gasteiger partial charge in [0.15, 0.2) is 11.6 Å². The number of phenolic OH excluding ortho intramolecular Hbond substituents is 1. The summed E-state index contributed by atoms with van der Waals surface area (Å²) < 4.78 is 26.2. The van der Waals surface area contributed by atoms with Gasteiger partial charge in [-0.1, -0.05) is 6.92 Å². The van der Waals surface area contributed by atoms with Gasteiger partial charge in [-0.05, 0) is 24.6 Å². The van der Waals surface area contributed by atoms with Gasteiger partial charge >= 0.3 is 5.97 Å². The third-order valence-electron chi connectivity index (χ3n) is 2.08. The van der Waals surface area contributed by atoms with Gasteiger partial charge in [0.25, 0.3) is 0 Å². The Hall–Kier alpha value is -1.91. The number of halogens is 2. The summed E-state index contributed by atoms with van der Waals surface area (Å²) >= 11 is 0. The third-order valence-corrected chi connectivity index (χ3v) is 2.08. The van der Waals surface area contributed by atoms with Crippen molar-refractivity contribution in [2.45, 2.75) is 13.3 Å². The fourth-order valence-electron chi connectivity index (χ4n) is 1.17. The van der Waals surface area contributed by atoms with E-state index in [9.17, 15) is 13.6 Å². The second-order valence-corrected chi connectivity index (χ2v) is 3.13. The van der Waals surface area contributed by atoms with Crippen molar-refractivity contribution in [2.24, 2.45) is 0 Å². The van der Waals surface area contributed by atoms with E-state index in [1.165, 1.54) is 0 Å². The van der Waals surface area contributed by atoms with Crippen molar-refractivity contribution in [3.63, 3.8) is 0 Å². The number of phenols is 1. The smallest absolute Gasteiger partial charge is 0.331 e. The summed E-state index contributed by atoms with van der Waals surface area (Å²) in [6.07, 6.45) is 1.23. The number of benzene rings is 1. The fraction of sp³-hybridized carbons (Fsp3) is 0.182. The second kappa shape index (κ2) is 4.74. The minimum atomic E-state index is -1.38. The van der Waals surface area contributed by atoms with Crippen molar-refractivity contribution in [2.75, 3.05) is 0 Å². The first-order valence-corrected chi connectivity index (χ1v) is 4.58. The van der Waals surface area contributed by atoms with Crippen molar-refractivity contribution < 1.29 is 23.8 Å². The number of carbonyl (C=O) groups is 1. The standard InChI is InChI=1S/C11H10F2O3/c1-2-6(11(15)16)5-7-3-4-8(14)10(13)9(7)12/h3-5,14H,2H2,1H3,(H,15,16)/b6-5+. The summed E-state index contributed by atoms with van der Waals surface area (Å²) in [6.45, 7) is 1.59. The molecule has 0 saturated carbocycles. The first-order chi connectivity index (χ1) is 7.47. The third kappa shape index (κ3) is 2.36. The Morgan fingerprint density at radius 2 is 2.00 bits per heavy atom. The van der Waals surface area contributed by atoms with E-state index in [0.29, 0.717) is 0 Å². The Morgan fingerprint density at radius 1 is 1.38 bits per heavy atom. The molecule has 0 radical (unpaired) electrons. The predicted molar refractivity (Wildman–Crippen MR) is 53.9 cm³/mol. The molecule has 5 heteroatoms. The highest BCUT2D eigenvalue weighted by atomic mass is 19.2. The summed E-state index contributed by atoms with van der Waals surface area (Å²) in [5.41, 5.74) is -0.237. The summed E-state index contributed by atoms with van der Waals surface area (Å²) in [5, 5.41) is 17.6. The monoisotopic (exact) mass is 228 g/mol. The number of rotatable bonds is 3. The van der Waals surface area contributed by atoms with Gasteiger partial charge in [0.1, 0.15) is 0 Å². The maximum absolute atomic E-state index is 13.3. The molecule has 0 atom stereocenters. The normalized spacial score (nSPS) is 11.6. The number of aromatic hydroxyl groups is 1. The zero-order valence-corrected chi connectivity index (χ0v) is 8.50. The number of hydrogen-bond acceptors (Lipinski definition) is 2. The molecular formula is C11H10F2O3. The minimum Gasteiger partial charge on any atom is -0.505 e. The number of carboxylic acids is 1. The van der Waals surface area contributed by atoms with Crippen LogP contribution in [0.25, 0.3) is 6.08 Å². The van der Waals surface area contributed by atoms with Crippen LogP contribution in [-0.4, -0.2) is 16.2 Å². The van der Waals surface area contributed by atoms with E-state index < -0.39 is 23.4 Å². The SMILES string of the molecule is CC/C(=C\c1ccc(O)c(F)c1F)C(=O)O. The molecule has 0 aliphatic heterocycles. The van der Waals surface area contributed by atoms with Crippen LogP contribution in [0.4, 0.5) is 8.78 Å². The predicted octanol–water partition coefficient (Wildman–Crippen LogP) is 2.55. The highest BCUT2D eigenvalue weighted by Crippen LogP contribution is 2.23. The summed E-state index contributed by atoms with van der Waals surface area (Å²) in [5.74, 6) is -4.62. The quantitative estimate of drug-likeness (QED) is 0.781. The largest absolute Gasteiger partial charge is 0.505 e. The Morgan fingerprint density at radius 3 is 2.50 bits per heavy atom. The van der Waals surface area contributed by atoms with Crippen LogP contribution in [0.15, 0.2) is 17.7 Å². The van der Waals surface area contributed by atoms with Crippen LogP contribution >= 0.6 is 0 Å². The molecule has 86 valence electrons. The Kier molecular flexibility index (Phi) is 3.60. The van der Waals surface area contributed by atoms with Gasteiger partial charge in [0.05, 0.1) is 0 Å². The lowest BCUT2D eigenvalue weighted by atomic mass is 10.1. The van der Waals surface area contributed by atoms with Gasteiger partial charge in [-0.15, -0.1) is 0 Å². The van der Waals surface area contributed by atoms with Crippen LogP contribution in [0.2, 0.25) is 0 Å². The molecule has 0 unspecified atom stereocenters. The number of carboxylic acid groups (broad SMARTS) is 1. The Bertz CT molecular complexity index is 453. The Labute approximate surface area is 90.6 Å². The van der Waals surface area contributed by atoms with Crippen LogP contribution in [0.1, 0.15) is 18.9 Å². The molecule has 0 bridgehead atoms. The highest BCUT2D eigenvalue weighted by molar-refractivity contribution is 5.92. The molecule has 0 aliphatic rings. The van der Waals surface area contributed by atoms with Gasteiger partial charge in [-0.25, -0.2) is 9.18 Å². The van der Waals surface area contributed by atoms with Gasteiger partial charge in [-0.3, -0.25) is 0 Å². The molecule has 0 aliphatic carbocycles. The first kappa shape index (κ1) is 12.2. The van der Waals surface area contributed by atoms with Crippen molar-refractivity contribution in [1.29, 1.82) is 0 Å². The molecule has 3 nitrogen and oxygen atoms in total. The summed E-state index contributed by atoms with van der Waals surface area (Å²) in [4.78, 5) is 10.7. The average Bonchev–Trinajstić information content (AvgIpc) is 2.25. The minimum absolute atomic E-state index is 0.0380. The van der Waals surface area contributed by atoms with Crippen molar-refractivity contribution >= 4 is 12.0 Å². The number of aliphatic carboxylic acids is 1. The zero-order valence-electron chi connectivity index (χ0n) is 8.50. The lowest BCUT2D eigenvalue weighted by molar-refractivity contribution is -0.132. The molecule has 0 spiro atoms. The van der Waals surface area contributed by atoms with Crippen molar-refractivity contribution in [1.82, 2.24) is 0 Å². The molecule has 1 rings (SSSR count). The number of hydrogen-bond donors (Lipinski definition) is 2. The lowest BCUT2D eigenvalue weighted by Crippen LogP contribution is -2.00. The molecule has 0 aromatic heterocycles. The maximum Gasteiger partial charge on any atom is 0.331 e. The highest BCUT2D eigenvalue weighted by Gasteiger charge is 2.13. The van der Waals surface area contributed by atoms with Crippen LogP contribution in [0, 0.1) is 11.6 Å². The fourth-order valence-corrected chi connectivity index (χ4v) is 1.17. The second-order valence-electron chi connectivity index (χ2n) is 3.13. The molecule has 1 aromatic carbocycles. The molecule has 16 heavy (non-hydrogen) atoms. The zero-order chi connectivity index (χ0) is 12.3. The van der Waals surface area contributed by atoms with E-state index in [-0.39, 0.29) is 17.6 Å². The van der Waals surface area contributed by atoms with Crippen LogP contribution < -0.4 is 0 Å². The van der Waals surface area contributed by atoms with E-state index in [1.807, 2.05) is 0 Å². The maximum atomic E-state index is 13.3. The van der Waals surface area contributed by atoms with Gasteiger partial charge in [0.2, 0.25) is 5.82 Å². The molecule has 0 heterocycles. The van der Waals surface area contributed by atoms with E-state index in [4.69, 9.17) is 10.2 Å². The van der Waals surface area contributed by atoms with Crippen LogP contribution in [0.3, 0.4) is 0 Å². The molecule has 2 N–H and O–H groups in total. The van der Waals surface area contributed by atoms with Crippen molar-refractivity contribution in [3.05, 3.63) is 34.9 Å². The van der Waals surface area contributed by atoms with E-state index in [0.717, 1.165) is 18.2 Å². The molecule has 0 fully saturated rings. The lowest BCUT2D eigenvalue weighted by Gasteiger charge is -2.02. The van der Waals surface area contributed by atoms with Gasteiger partial charge < -0.3 is 10.2 Å². The van der Waals surface area contributed by atoms with Gasteiger partial charge in [0, 0.05) is 11.1 Å². The van der Waals surface area contributed by atoms with E-state index >= 15 is 0 Å². The summed E-state index contributed by atoms with van der Waals surface area (Å²) in [6, 6.07) is 2.09. The van der Waals surface area contributed by atoms with Crippen molar-refractivity contribution in [3.8, 4) is 5.75 Å². The first-order valence-electron chi connectivity index (χ1n) is 4.58. The van der Waals surface area contributed by atoms with E-state index in [2.05, 4.69) is 0 Å². The molecule has 1 aromatic rings. The average molecular weight is 228 g/mol. The van der Waals surface area contributed by atoms with E-state index in [1.54, 1.807) is 6.92 Å². The van der Waals surface area contributed by atoms with Crippen LogP contribution in [-0.2, 0) is 4.79 Å². The van der Waals surface area contributed by atoms with Crippen LogP contribution in [0.5, 0.6) is 5.75 Å². The van der Waals surface area contributed by atoms with Gasteiger partial charge in [-0.2, -0.15) is 4.39 Å². The molecule has 0 saturated heterocycles. The molecular weight excluding hydrogens is 218 g/mol. The summed E-state index contributed by atoms with van der Waals surface area (Å²) in [7, 11) is 0.